The normalized spacial score (nSPS) is 10.5. The monoisotopic (exact) mass is 296 g/mol. The molecule has 1 aromatic heterocycles. The topological polar surface area (TPSA) is 51.2 Å². The Morgan fingerprint density at radius 2 is 1.77 bits per heavy atom. The number of nitrogens with one attached hydrogen (secondary N) is 1. The Morgan fingerprint density at radius 3 is 2.45 bits per heavy atom. The molecular weight excluding hydrogens is 283 g/mol. The highest BCUT2D eigenvalue weighted by Crippen LogP contribution is 2.27. The standard InChI is InChI=1S/C17H13FN2O2/c1-22-17(21)15-10-19-16(14-5-3-2-4-13(14)15)20-12-8-6-11(18)7-9-12/h2-10H,1H3,(H,19,20). The molecular formula is C17H13FN2O2. The number of rotatable bonds is 3. The van der Waals surface area contributed by atoms with E-state index in [1.807, 2.05) is 24.3 Å². The lowest BCUT2D eigenvalue weighted by atomic mass is 10.1. The second kappa shape index (κ2) is 5.81. The number of carbonyl (C=O) groups excluding carboxylic acids is 1. The molecule has 0 aliphatic heterocycles. The molecule has 0 atom stereocenters. The fraction of sp³-hybridized carbons (Fsp3) is 0.0588. The summed E-state index contributed by atoms with van der Waals surface area (Å²) >= 11 is 0. The van der Waals surface area contributed by atoms with Gasteiger partial charge in [0.15, 0.2) is 0 Å². The minimum atomic E-state index is -0.433. The summed E-state index contributed by atoms with van der Waals surface area (Å²) < 4.78 is 17.7. The third-order valence-electron chi connectivity index (χ3n) is 3.31. The van der Waals surface area contributed by atoms with Crippen molar-refractivity contribution in [3.8, 4) is 0 Å². The molecule has 0 fully saturated rings. The average molecular weight is 296 g/mol. The number of methoxy groups -OCH3 is 1. The molecule has 0 aliphatic carbocycles. The highest BCUT2D eigenvalue weighted by atomic mass is 19.1. The lowest BCUT2D eigenvalue weighted by Gasteiger charge is -2.11. The lowest BCUT2D eigenvalue weighted by Crippen LogP contribution is -2.04. The molecule has 3 rings (SSSR count). The summed E-state index contributed by atoms with van der Waals surface area (Å²) in [7, 11) is 1.34. The van der Waals surface area contributed by atoms with E-state index in [1.165, 1.54) is 25.4 Å². The van der Waals surface area contributed by atoms with E-state index in [-0.39, 0.29) is 5.82 Å². The van der Waals surface area contributed by atoms with Gasteiger partial charge in [0.25, 0.3) is 0 Å². The van der Waals surface area contributed by atoms with Gasteiger partial charge in [-0.1, -0.05) is 24.3 Å². The predicted octanol–water partition coefficient (Wildman–Crippen LogP) is 3.90. The smallest absolute Gasteiger partial charge is 0.340 e. The Balaban J connectivity index is 2.07. The van der Waals surface area contributed by atoms with Crippen molar-refractivity contribution in [2.24, 2.45) is 0 Å². The Bertz CT molecular complexity index is 832. The first-order chi connectivity index (χ1) is 10.7. The molecule has 4 nitrogen and oxygen atoms in total. The summed E-state index contributed by atoms with van der Waals surface area (Å²) in [6, 6.07) is 13.4. The number of anilines is 2. The number of halogens is 1. The highest BCUT2D eigenvalue weighted by molar-refractivity contribution is 6.07. The Hall–Kier alpha value is -2.95. The molecule has 22 heavy (non-hydrogen) atoms. The van der Waals surface area contributed by atoms with Gasteiger partial charge in [-0.15, -0.1) is 0 Å². The number of aromatic nitrogens is 1. The van der Waals surface area contributed by atoms with Crippen LogP contribution in [-0.4, -0.2) is 18.1 Å². The third kappa shape index (κ3) is 2.61. The van der Waals surface area contributed by atoms with Gasteiger partial charge in [-0.2, -0.15) is 0 Å². The predicted molar refractivity (Wildman–Crippen MR) is 82.8 cm³/mol. The molecule has 3 aromatic rings. The minimum Gasteiger partial charge on any atom is -0.465 e. The van der Waals surface area contributed by atoms with E-state index in [0.717, 1.165) is 10.8 Å². The van der Waals surface area contributed by atoms with E-state index in [0.29, 0.717) is 17.1 Å². The maximum Gasteiger partial charge on any atom is 0.340 e. The molecule has 0 amide bonds. The molecule has 1 heterocycles. The van der Waals surface area contributed by atoms with E-state index in [9.17, 15) is 9.18 Å². The fourth-order valence-corrected chi connectivity index (χ4v) is 2.23. The Morgan fingerprint density at radius 1 is 1.09 bits per heavy atom. The fourth-order valence-electron chi connectivity index (χ4n) is 2.23. The molecule has 0 aliphatic rings. The van der Waals surface area contributed by atoms with Crippen molar-refractivity contribution in [1.82, 2.24) is 4.98 Å². The first kappa shape index (κ1) is 14.0. The van der Waals surface area contributed by atoms with E-state index >= 15 is 0 Å². The van der Waals surface area contributed by atoms with Gasteiger partial charge >= 0.3 is 5.97 Å². The van der Waals surface area contributed by atoms with Crippen molar-refractivity contribution in [3.05, 3.63) is 66.1 Å². The second-order valence-electron chi connectivity index (χ2n) is 4.69. The Kier molecular flexibility index (Phi) is 3.70. The van der Waals surface area contributed by atoms with Gasteiger partial charge in [0.2, 0.25) is 0 Å². The zero-order valence-corrected chi connectivity index (χ0v) is 11.8. The van der Waals surface area contributed by atoms with E-state index in [2.05, 4.69) is 10.3 Å². The summed E-state index contributed by atoms with van der Waals surface area (Å²) in [6.07, 6.45) is 1.47. The number of esters is 1. The highest BCUT2D eigenvalue weighted by Gasteiger charge is 2.13. The summed E-state index contributed by atoms with van der Waals surface area (Å²) in [5.41, 5.74) is 1.12. The number of nitrogens with zero attached hydrogens (tertiary/aromatic N) is 1. The van der Waals surface area contributed by atoms with Gasteiger partial charge < -0.3 is 10.1 Å². The van der Waals surface area contributed by atoms with Crippen LogP contribution in [0, 0.1) is 5.82 Å². The van der Waals surface area contributed by atoms with Gasteiger partial charge in [-0.3, -0.25) is 0 Å². The number of hydrogen-bond donors (Lipinski definition) is 1. The summed E-state index contributed by atoms with van der Waals surface area (Å²) in [4.78, 5) is 16.1. The SMILES string of the molecule is COC(=O)c1cnc(Nc2ccc(F)cc2)c2ccccc12. The average Bonchev–Trinajstić information content (AvgIpc) is 2.56. The van der Waals surface area contributed by atoms with Crippen molar-refractivity contribution in [1.29, 1.82) is 0 Å². The zero-order valence-electron chi connectivity index (χ0n) is 11.8. The molecule has 2 aromatic carbocycles. The zero-order chi connectivity index (χ0) is 15.5. The van der Waals surface area contributed by atoms with E-state index < -0.39 is 5.97 Å². The van der Waals surface area contributed by atoms with Crippen molar-refractivity contribution in [2.45, 2.75) is 0 Å². The van der Waals surface area contributed by atoms with Crippen LogP contribution in [0.15, 0.2) is 54.7 Å². The Labute approximate surface area is 126 Å². The number of fused-ring (bicyclic) bond motifs is 1. The number of pyridine rings is 1. The van der Waals surface area contributed by atoms with Crippen LogP contribution in [0.4, 0.5) is 15.9 Å². The van der Waals surface area contributed by atoms with E-state index in [1.54, 1.807) is 12.1 Å². The van der Waals surface area contributed by atoms with Crippen LogP contribution in [-0.2, 0) is 4.74 Å². The van der Waals surface area contributed by atoms with Gasteiger partial charge in [0.05, 0.1) is 12.7 Å². The van der Waals surface area contributed by atoms with Gasteiger partial charge in [-0.25, -0.2) is 14.2 Å². The lowest BCUT2D eigenvalue weighted by molar-refractivity contribution is 0.0602. The van der Waals surface area contributed by atoms with Crippen molar-refractivity contribution in [2.75, 3.05) is 12.4 Å². The number of ether oxygens (including phenoxy) is 1. The van der Waals surface area contributed by atoms with Crippen molar-refractivity contribution in [3.63, 3.8) is 0 Å². The summed E-state index contributed by atoms with van der Waals surface area (Å²) in [5, 5.41) is 4.66. The van der Waals surface area contributed by atoms with Crippen LogP contribution in [0.2, 0.25) is 0 Å². The van der Waals surface area contributed by atoms with Crippen LogP contribution in [0.1, 0.15) is 10.4 Å². The summed E-state index contributed by atoms with van der Waals surface area (Å²) in [6.45, 7) is 0. The minimum absolute atomic E-state index is 0.301. The second-order valence-corrected chi connectivity index (χ2v) is 4.69. The van der Waals surface area contributed by atoms with Gasteiger partial charge in [-0.05, 0) is 24.3 Å². The largest absolute Gasteiger partial charge is 0.465 e. The van der Waals surface area contributed by atoms with Crippen LogP contribution in [0.3, 0.4) is 0 Å². The van der Waals surface area contributed by atoms with E-state index in [4.69, 9.17) is 4.74 Å². The third-order valence-corrected chi connectivity index (χ3v) is 3.31. The van der Waals surface area contributed by atoms with Crippen LogP contribution >= 0.6 is 0 Å². The number of benzene rings is 2. The van der Waals surface area contributed by atoms with Crippen LogP contribution in [0.5, 0.6) is 0 Å². The van der Waals surface area contributed by atoms with Gasteiger partial charge in [0.1, 0.15) is 11.6 Å². The van der Waals surface area contributed by atoms with Crippen LogP contribution in [0.25, 0.3) is 10.8 Å². The van der Waals surface area contributed by atoms with Gasteiger partial charge in [0, 0.05) is 22.7 Å². The molecule has 0 saturated carbocycles. The molecule has 0 spiro atoms. The van der Waals surface area contributed by atoms with Crippen LogP contribution < -0.4 is 5.32 Å². The van der Waals surface area contributed by atoms with Crippen molar-refractivity contribution >= 4 is 28.2 Å². The molecule has 1 N–H and O–H groups in total. The molecule has 0 bridgehead atoms. The summed E-state index contributed by atoms with van der Waals surface area (Å²) in [5.74, 6) is -0.142. The number of hydrogen-bond acceptors (Lipinski definition) is 4. The van der Waals surface area contributed by atoms with Crippen molar-refractivity contribution < 1.29 is 13.9 Å². The quantitative estimate of drug-likeness (QED) is 0.745. The molecule has 0 saturated heterocycles. The molecule has 110 valence electrons. The maximum atomic E-state index is 13.0. The first-order valence-electron chi connectivity index (χ1n) is 6.67. The first-order valence-corrected chi connectivity index (χ1v) is 6.67. The number of carbonyl (C=O) groups is 1. The molecule has 0 radical (unpaired) electrons. The molecule has 5 heteroatoms. The maximum absolute atomic E-state index is 13.0. The molecule has 0 unspecified atom stereocenters.